The predicted octanol–water partition coefficient (Wildman–Crippen LogP) is 5.25. The van der Waals surface area contributed by atoms with E-state index in [4.69, 9.17) is 13.3 Å². The Bertz CT molecular complexity index is 1630. The van der Waals surface area contributed by atoms with Gasteiger partial charge in [0.2, 0.25) is 0 Å². The van der Waals surface area contributed by atoms with E-state index in [1.807, 2.05) is 39.8 Å². The lowest BCUT2D eigenvalue weighted by atomic mass is 10.0. The molecule has 5 aromatic rings. The molecule has 5 rings (SSSR count). The third-order valence-electron chi connectivity index (χ3n) is 5.40. The maximum absolute atomic E-state index is 12.7. The van der Waals surface area contributed by atoms with Crippen molar-refractivity contribution in [2.24, 2.45) is 0 Å². The summed E-state index contributed by atoms with van der Waals surface area (Å²) in [6.07, 6.45) is 0. The lowest BCUT2D eigenvalue weighted by molar-refractivity contribution is 0.467. The Morgan fingerprint density at radius 2 is 1.27 bits per heavy atom. The van der Waals surface area contributed by atoms with Crippen molar-refractivity contribution in [3.05, 3.63) is 73.4 Å². The topological polar surface area (TPSA) is 93.8 Å². The van der Waals surface area contributed by atoms with E-state index in [1.54, 1.807) is 12.1 Å². The van der Waals surface area contributed by atoms with Crippen molar-refractivity contribution in [1.29, 1.82) is 0 Å². The molecule has 0 radical (unpaired) electrons. The van der Waals surface area contributed by atoms with E-state index >= 15 is 0 Å². The van der Waals surface area contributed by atoms with Crippen LogP contribution >= 0.6 is 0 Å². The molecule has 0 atom stereocenters. The molecular weight excluding hydrogens is 384 g/mol. The van der Waals surface area contributed by atoms with Crippen LogP contribution in [0.1, 0.15) is 22.3 Å². The van der Waals surface area contributed by atoms with Gasteiger partial charge in [-0.15, -0.1) is 0 Å². The Morgan fingerprint density at radius 1 is 0.700 bits per heavy atom. The molecule has 0 amide bonds. The van der Waals surface area contributed by atoms with Crippen molar-refractivity contribution >= 4 is 32.9 Å². The number of rotatable bonds is 1. The molecule has 0 spiro atoms. The molecule has 0 unspecified atom stereocenters. The highest BCUT2D eigenvalue weighted by Crippen LogP contribution is 2.39. The number of furan rings is 1. The third-order valence-corrected chi connectivity index (χ3v) is 5.40. The van der Waals surface area contributed by atoms with Crippen molar-refractivity contribution in [1.82, 2.24) is 0 Å². The smallest absolute Gasteiger partial charge is 0.351 e. The summed E-state index contributed by atoms with van der Waals surface area (Å²) in [5, 5.41) is 12.2. The molecule has 6 nitrogen and oxygen atoms in total. The van der Waals surface area contributed by atoms with Gasteiger partial charge < -0.3 is 18.4 Å². The number of benzene rings is 2. The quantitative estimate of drug-likeness (QED) is 0.385. The van der Waals surface area contributed by atoms with Crippen molar-refractivity contribution in [3.63, 3.8) is 0 Å². The number of aromatic hydroxyl groups is 1. The zero-order valence-corrected chi connectivity index (χ0v) is 16.9. The van der Waals surface area contributed by atoms with Gasteiger partial charge in [-0.2, -0.15) is 0 Å². The Kier molecular flexibility index (Phi) is 3.71. The minimum absolute atomic E-state index is 0.0536. The summed E-state index contributed by atoms with van der Waals surface area (Å²) >= 11 is 0. The van der Waals surface area contributed by atoms with E-state index in [-0.39, 0.29) is 22.5 Å². The molecule has 0 aliphatic rings. The van der Waals surface area contributed by atoms with Crippen molar-refractivity contribution in [3.8, 4) is 17.1 Å². The first-order chi connectivity index (χ1) is 14.2. The summed E-state index contributed by atoms with van der Waals surface area (Å²) in [5.74, 6) is -0.183. The Labute approximate surface area is 170 Å². The second-order valence-electron chi connectivity index (χ2n) is 7.77. The van der Waals surface area contributed by atoms with E-state index in [9.17, 15) is 14.7 Å². The fourth-order valence-electron chi connectivity index (χ4n) is 4.21. The van der Waals surface area contributed by atoms with E-state index in [0.717, 1.165) is 22.3 Å². The molecule has 0 bridgehead atoms. The minimum Gasteiger partial charge on any atom is -0.506 e. The highest BCUT2D eigenvalue weighted by molar-refractivity contribution is 6.04. The van der Waals surface area contributed by atoms with Gasteiger partial charge >= 0.3 is 11.3 Å². The van der Waals surface area contributed by atoms with Crippen LogP contribution < -0.4 is 11.3 Å². The molecule has 30 heavy (non-hydrogen) atoms. The Balaban J connectivity index is 1.90. The molecule has 0 aliphatic heterocycles. The maximum atomic E-state index is 12.7. The standard InChI is InChI=1S/C24H18O6/c1-10-5-12(3)18-15(7-10)30-24(27)20(21(18)25)17-9-14-22(28-17)19-13(4)6-11(2)8-16(19)29-23(14)26/h5-9,25H,1-4H3. The highest BCUT2D eigenvalue weighted by atomic mass is 16.4. The van der Waals surface area contributed by atoms with Gasteiger partial charge in [0.1, 0.15) is 33.6 Å². The number of hydrogen-bond donors (Lipinski definition) is 1. The molecule has 0 fully saturated rings. The van der Waals surface area contributed by atoms with Crippen molar-refractivity contribution < 1.29 is 18.4 Å². The monoisotopic (exact) mass is 402 g/mol. The van der Waals surface area contributed by atoms with E-state index < -0.39 is 11.3 Å². The first-order valence-electron chi connectivity index (χ1n) is 9.49. The van der Waals surface area contributed by atoms with E-state index in [0.29, 0.717) is 27.5 Å². The van der Waals surface area contributed by atoms with Gasteiger partial charge in [0.05, 0.1) is 10.8 Å². The number of aryl methyl sites for hydroxylation is 4. The molecule has 0 saturated carbocycles. The van der Waals surface area contributed by atoms with Crippen LogP contribution in [0.2, 0.25) is 0 Å². The molecule has 3 aromatic heterocycles. The summed E-state index contributed by atoms with van der Waals surface area (Å²) in [7, 11) is 0. The second kappa shape index (κ2) is 6.10. The first kappa shape index (κ1) is 18.2. The summed E-state index contributed by atoms with van der Waals surface area (Å²) < 4.78 is 16.9. The van der Waals surface area contributed by atoms with Crippen LogP contribution in [0, 0.1) is 27.7 Å². The van der Waals surface area contributed by atoms with Crippen LogP contribution in [0.3, 0.4) is 0 Å². The van der Waals surface area contributed by atoms with E-state index in [1.165, 1.54) is 6.07 Å². The third kappa shape index (κ3) is 2.50. The van der Waals surface area contributed by atoms with E-state index in [2.05, 4.69) is 0 Å². The lowest BCUT2D eigenvalue weighted by Crippen LogP contribution is -2.04. The Morgan fingerprint density at radius 3 is 1.93 bits per heavy atom. The SMILES string of the molecule is Cc1cc(C)c2c(O)c(-c3cc4c(=O)oc5cc(C)cc(C)c5c4o3)c(=O)oc2c1. The summed E-state index contributed by atoms with van der Waals surface area (Å²) in [6, 6.07) is 8.72. The van der Waals surface area contributed by atoms with Crippen LogP contribution in [0.5, 0.6) is 5.75 Å². The van der Waals surface area contributed by atoms with Crippen LogP contribution in [-0.2, 0) is 0 Å². The van der Waals surface area contributed by atoms with Crippen LogP contribution in [0.4, 0.5) is 0 Å². The zero-order valence-electron chi connectivity index (χ0n) is 16.9. The summed E-state index contributed by atoms with van der Waals surface area (Å²) in [4.78, 5) is 25.3. The largest absolute Gasteiger partial charge is 0.506 e. The molecule has 150 valence electrons. The van der Waals surface area contributed by atoms with Gasteiger partial charge in [-0.3, -0.25) is 0 Å². The normalized spacial score (nSPS) is 11.7. The molecular formula is C24H18O6. The average molecular weight is 402 g/mol. The van der Waals surface area contributed by atoms with Gasteiger partial charge in [0.15, 0.2) is 5.58 Å². The van der Waals surface area contributed by atoms with Gasteiger partial charge in [-0.05, 0) is 62.1 Å². The van der Waals surface area contributed by atoms with Crippen LogP contribution in [-0.4, -0.2) is 5.11 Å². The molecule has 1 N–H and O–H groups in total. The lowest BCUT2D eigenvalue weighted by Gasteiger charge is -2.08. The average Bonchev–Trinajstić information content (AvgIpc) is 3.05. The molecule has 3 heterocycles. The van der Waals surface area contributed by atoms with Crippen LogP contribution in [0.15, 0.2) is 53.2 Å². The number of fused-ring (bicyclic) bond motifs is 4. The summed E-state index contributed by atoms with van der Waals surface area (Å²) in [6.45, 7) is 7.51. The maximum Gasteiger partial charge on any atom is 0.351 e. The van der Waals surface area contributed by atoms with Gasteiger partial charge in [0.25, 0.3) is 0 Å². The molecule has 2 aromatic carbocycles. The first-order valence-corrected chi connectivity index (χ1v) is 9.49. The predicted molar refractivity (Wildman–Crippen MR) is 114 cm³/mol. The van der Waals surface area contributed by atoms with Crippen molar-refractivity contribution in [2.45, 2.75) is 27.7 Å². The van der Waals surface area contributed by atoms with Gasteiger partial charge in [-0.25, -0.2) is 9.59 Å². The van der Waals surface area contributed by atoms with Crippen molar-refractivity contribution in [2.75, 3.05) is 0 Å². The van der Waals surface area contributed by atoms with Gasteiger partial charge in [-0.1, -0.05) is 12.1 Å². The summed E-state index contributed by atoms with van der Waals surface area (Å²) in [5.41, 5.74) is 3.08. The fraction of sp³-hybridized carbons (Fsp3) is 0.167. The molecule has 6 heteroatoms. The molecule has 0 saturated heterocycles. The highest BCUT2D eigenvalue weighted by Gasteiger charge is 2.23. The Hall–Kier alpha value is -3.80. The van der Waals surface area contributed by atoms with Crippen LogP contribution in [0.25, 0.3) is 44.2 Å². The minimum atomic E-state index is -0.745. The fourth-order valence-corrected chi connectivity index (χ4v) is 4.21. The zero-order chi connectivity index (χ0) is 21.3. The molecule has 0 aliphatic carbocycles. The number of hydrogen-bond acceptors (Lipinski definition) is 6. The second-order valence-corrected chi connectivity index (χ2v) is 7.77. The van der Waals surface area contributed by atoms with Gasteiger partial charge in [0, 0.05) is 6.07 Å².